The van der Waals surface area contributed by atoms with Gasteiger partial charge in [-0.25, -0.2) is 8.42 Å². The lowest BCUT2D eigenvalue weighted by atomic mass is 9.76. The molecule has 11 heteroatoms. The minimum Gasteiger partial charge on any atom is -0.495 e. The van der Waals surface area contributed by atoms with Crippen LogP contribution in [-0.2, 0) is 14.8 Å². The van der Waals surface area contributed by atoms with E-state index in [2.05, 4.69) is 0 Å². The summed E-state index contributed by atoms with van der Waals surface area (Å²) in [6.45, 7) is 2.33. The van der Waals surface area contributed by atoms with E-state index in [9.17, 15) is 13.2 Å². The van der Waals surface area contributed by atoms with Crippen LogP contribution >= 0.6 is 23.2 Å². The molecule has 8 nitrogen and oxygen atoms in total. The highest BCUT2D eigenvalue weighted by Gasteiger charge is 2.42. The Balaban J connectivity index is 1.53. The van der Waals surface area contributed by atoms with Gasteiger partial charge in [-0.05, 0) is 62.4 Å². The molecule has 0 radical (unpaired) electrons. The Morgan fingerprint density at radius 1 is 0.921 bits per heavy atom. The van der Waals surface area contributed by atoms with Gasteiger partial charge in [0.2, 0.25) is 15.9 Å². The van der Waals surface area contributed by atoms with Crippen LogP contribution in [0.3, 0.4) is 0 Å². The first-order chi connectivity index (χ1) is 18.2. The maximum atomic E-state index is 13.6. The van der Waals surface area contributed by atoms with Crippen LogP contribution in [0.4, 0.5) is 0 Å². The van der Waals surface area contributed by atoms with Gasteiger partial charge in [0.1, 0.15) is 22.1 Å². The van der Waals surface area contributed by atoms with Crippen LogP contribution in [0.2, 0.25) is 10.0 Å². The number of sulfonamides is 1. The van der Waals surface area contributed by atoms with Crippen LogP contribution in [0.15, 0.2) is 41.3 Å². The molecule has 208 valence electrons. The molecule has 0 atom stereocenters. The summed E-state index contributed by atoms with van der Waals surface area (Å²) in [6.07, 6.45) is 4.43. The Morgan fingerprint density at radius 2 is 1.55 bits per heavy atom. The van der Waals surface area contributed by atoms with Crippen molar-refractivity contribution < 1.29 is 27.4 Å². The predicted molar refractivity (Wildman–Crippen MR) is 147 cm³/mol. The maximum Gasteiger partial charge on any atom is 0.246 e. The third-order valence-electron chi connectivity index (χ3n) is 7.43. The standard InChI is InChI=1S/C27H34Cl2N2O6S/c1-35-23-17-24(36-2)25(16-22(23)29)38(33,34)31-14-10-27(11-15-31,18-26(32)30-12-4-3-5-13-30)19-37-21-8-6-20(28)7-9-21/h6-9,16-17H,3-5,10-15,18-19H2,1-2H3. The highest BCUT2D eigenvalue weighted by Crippen LogP contribution is 2.41. The van der Waals surface area contributed by atoms with Crippen LogP contribution in [0, 0.1) is 5.41 Å². The Hall–Kier alpha value is -2.20. The molecule has 0 N–H and O–H groups in total. The van der Waals surface area contributed by atoms with E-state index < -0.39 is 15.4 Å². The third kappa shape index (κ3) is 6.50. The van der Waals surface area contributed by atoms with Crippen molar-refractivity contribution in [3.05, 3.63) is 46.4 Å². The summed E-state index contributed by atoms with van der Waals surface area (Å²) in [5.41, 5.74) is -0.498. The van der Waals surface area contributed by atoms with Crippen molar-refractivity contribution in [1.82, 2.24) is 9.21 Å². The van der Waals surface area contributed by atoms with Crippen molar-refractivity contribution in [2.75, 3.05) is 47.0 Å². The number of carbonyl (C=O) groups excluding carboxylic acids is 1. The summed E-state index contributed by atoms with van der Waals surface area (Å²) in [5.74, 6) is 1.25. The van der Waals surface area contributed by atoms with E-state index in [1.165, 1.54) is 30.7 Å². The van der Waals surface area contributed by atoms with E-state index in [0.29, 0.717) is 42.4 Å². The lowest BCUT2D eigenvalue weighted by Gasteiger charge is -2.42. The fourth-order valence-electron chi connectivity index (χ4n) is 5.09. The first kappa shape index (κ1) is 28.8. The van der Waals surface area contributed by atoms with Crippen molar-refractivity contribution in [2.45, 2.75) is 43.4 Å². The molecule has 2 aliphatic heterocycles. The molecule has 0 unspecified atom stereocenters. The summed E-state index contributed by atoms with van der Waals surface area (Å²) >= 11 is 12.3. The first-order valence-corrected chi connectivity index (χ1v) is 14.9. The lowest BCUT2D eigenvalue weighted by molar-refractivity contribution is -0.136. The van der Waals surface area contributed by atoms with E-state index in [4.69, 9.17) is 37.4 Å². The van der Waals surface area contributed by atoms with Crippen molar-refractivity contribution in [2.24, 2.45) is 5.41 Å². The number of hydrogen-bond acceptors (Lipinski definition) is 6. The number of hydrogen-bond donors (Lipinski definition) is 0. The molecule has 0 bridgehead atoms. The third-order valence-corrected chi connectivity index (χ3v) is 9.90. The molecule has 38 heavy (non-hydrogen) atoms. The second-order valence-corrected chi connectivity index (χ2v) is 12.7. The molecule has 0 aliphatic carbocycles. The summed E-state index contributed by atoms with van der Waals surface area (Å²) in [4.78, 5) is 15.2. The number of piperidine rings is 2. The van der Waals surface area contributed by atoms with Crippen LogP contribution in [0.25, 0.3) is 0 Å². The molecule has 2 heterocycles. The number of ether oxygens (including phenoxy) is 3. The predicted octanol–water partition coefficient (Wildman–Crippen LogP) is 5.26. The van der Waals surface area contributed by atoms with Gasteiger partial charge in [0, 0.05) is 49.1 Å². The normalized spacial score (nSPS) is 18.2. The summed E-state index contributed by atoms with van der Waals surface area (Å²) in [6, 6.07) is 9.93. The smallest absolute Gasteiger partial charge is 0.246 e. The van der Waals surface area contributed by atoms with E-state index in [0.717, 1.165) is 32.4 Å². The van der Waals surface area contributed by atoms with Gasteiger partial charge in [-0.2, -0.15) is 4.31 Å². The molecule has 4 rings (SSSR count). The zero-order valence-corrected chi connectivity index (χ0v) is 24.1. The number of rotatable bonds is 9. The van der Waals surface area contributed by atoms with E-state index in [1.54, 1.807) is 24.3 Å². The van der Waals surface area contributed by atoms with Gasteiger partial charge in [-0.3, -0.25) is 4.79 Å². The first-order valence-electron chi connectivity index (χ1n) is 12.8. The SMILES string of the molecule is COc1cc(OC)c(S(=O)(=O)N2CCC(COc3ccc(Cl)cc3)(CC(=O)N3CCCCC3)CC2)cc1Cl. The minimum absolute atomic E-state index is 0.0138. The molecular formula is C27H34Cl2N2O6S. The van der Waals surface area contributed by atoms with E-state index in [1.807, 2.05) is 4.90 Å². The molecule has 2 aliphatic rings. The fourth-order valence-corrected chi connectivity index (χ4v) is 7.13. The van der Waals surface area contributed by atoms with Crippen LogP contribution < -0.4 is 14.2 Å². The average molecular weight is 586 g/mol. The highest BCUT2D eigenvalue weighted by atomic mass is 35.5. The molecule has 2 fully saturated rings. The van der Waals surface area contributed by atoms with Crippen molar-refractivity contribution in [3.8, 4) is 17.2 Å². The minimum atomic E-state index is -3.91. The number of benzene rings is 2. The second kappa shape index (κ2) is 12.3. The van der Waals surface area contributed by atoms with Gasteiger partial charge in [-0.1, -0.05) is 23.2 Å². The van der Waals surface area contributed by atoms with Gasteiger partial charge in [0.05, 0.1) is 25.8 Å². The van der Waals surface area contributed by atoms with Gasteiger partial charge < -0.3 is 19.1 Å². The molecule has 1 amide bonds. The zero-order valence-electron chi connectivity index (χ0n) is 21.8. The number of likely N-dealkylation sites (tertiary alicyclic amines) is 1. The highest BCUT2D eigenvalue weighted by molar-refractivity contribution is 7.89. The molecule has 2 aromatic carbocycles. The lowest BCUT2D eigenvalue weighted by Crippen LogP contribution is -2.48. The molecule has 2 aromatic rings. The van der Waals surface area contributed by atoms with E-state index in [-0.39, 0.29) is 34.7 Å². The molecule has 0 aromatic heterocycles. The van der Waals surface area contributed by atoms with Crippen molar-refractivity contribution in [1.29, 1.82) is 0 Å². The maximum absolute atomic E-state index is 13.6. The topological polar surface area (TPSA) is 85.4 Å². The number of amides is 1. The van der Waals surface area contributed by atoms with Crippen molar-refractivity contribution in [3.63, 3.8) is 0 Å². The molecule has 0 spiro atoms. The van der Waals surface area contributed by atoms with Crippen LogP contribution in [0.5, 0.6) is 17.2 Å². The average Bonchev–Trinajstić information content (AvgIpc) is 2.93. The Morgan fingerprint density at radius 3 is 2.16 bits per heavy atom. The molecule has 0 saturated carbocycles. The van der Waals surface area contributed by atoms with Crippen LogP contribution in [0.1, 0.15) is 38.5 Å². The van der Waals surface area contributed by atoms with E-state index >= 15 is 0 Å². The number of nitrogens with zero attached hydrogens (tertiary/aromatic N) is 2. The quantitative estimate of drug-likeness (QED) is 0.399. The zero-order chi connectivity index (χ0) is 27.3. The van der Waals surface area contributed by atoms with Gasteiger partial charge in [0.15, 0.2) is 0 Å². The summed E-state index contributed by atoms with van der Waals surface area (Å²) in [5, 5.41) is 0.793. The van der Waals surface area contributed by atoms with Crippen molar-refractivity contribution >= 4 is 39.1 Å². The van der Waals surface area contributed by atoms with Gasteiger partial charge in [-0.15, -0.1) is 0 Å². The second-order valence-electron chi connectivity index (χ2n) is 9.90. The van der Waals surface area contributed by atoms with Gasteiger partial charge in [0.25, 0.3) is 0 Å². The Bertz CT molecular complexity index is 1220. The summed E-state index contributed by atoms with van der Waals surface area (Å²) in [7, 11) is -1.05. The largest absolute Gasteiger partial charge is 0.495 e. The van der Waals surface area contributed by atoms with Gasteiger partial charge >= 0.3 is 0 Å². The number of halogens is 2. The summed E-state index contributed by atoms with van der Waals surface area (Å²) < 4.78 is 45.4. The van der Waals surface area contributed by atoms with Crippen LogP contribution in [-0.4, -0.2) is 70.5 Å². The number of carbonyl (C=O) groups is 1. The molecular weight excluding hydrogens is 551 g/mol. The number of methoxy groups -OCH3 is 2. The fraction of sp³-hybridized carbons (Fsp3) is 0.519. The Kier molecular flexibility index (Phi) is 9.34. The molecule has 2 saturated heterocycles. The Labute approximate surface area is 234 Å². The monoisotopic (exact) mass is 584 g/mol.